The van der Waals surface area contributed by atoms with Gasteiger partial charge in [0.1, 0.15) is 0 Å². The number of hydrogen-bond donors (Lipinski definition) is 2. The van der Waals surface area contributed by atoms with E-state index in [1.54, 1.807) is 31.2 Å². The van der Waals surface area contributed by atoms with Gasteiger partial charge in [0.05, 0.1) is 12.0 Å². The molecule has 14 heavy (non-hydrogen) atoms. The van der Waals surface area contributed by atoms with E-state index < -0.39 is 18.0 Å². The summed E-state index contributed by atoms with van der Waals surface area (Å²) in [6.45, 7) is 1.75. The maximum absolute atomic E-state index is 10.8. The van der Waals surface area contributed by atoms with E-state index in [2.05, 4.69) is 0 Å². The first-order valence-electron chi connectivity index (χ1n) is 4.62. The zero-order valence-electron chi connectivity index (χ0n) is 8.05. The minimum Gasteiger partial charge on any atom is -0.481 e. The second-order valence-corrected chi connectivity index (χ2v) is 3.21. The van der Waals surface area contributed by atoms with Crippen molar-refractivity contribution in [3.05, 3.63) is 35.9 Å². The van der Waals surface area contributed by atoms with Crippen molar-refractivity contribution in [3.8, 4) is 0 Å². The number of carboxylic acid groups (broad SMARTS) is 1. The molecule has 0 saturated heterocycles. The van der Waals surface area contributed by atoms with Crippen molar-refractivity contribution in [2.45, 2.75) is 19.4 Å². The molecule has 0 radical (unpaired) electrons. The molecule has 0 heterocycles. The van der Waals surface area contributed by atoms with Crippen LogP contribution in [-0.2, 0) is 4.79 Å². The lowest BCUT2D eigenvalue weighted by molar-refractivity contribution is -0.146. The Kier molecular flexibility index (Phi) is 3.65. The van der Waals surface area contributed by atoms with Crippen LogP contribution in [0.4, 0.5) is 0 Å². The van der Waals surface area contributed by atoms with Crippen molar-refractivity contribution in [2.75, 3.05) is 0 Å². The number of aliphatic hydroxyl groups is 1. The van der Waals surface area contributed by atoms with Gasteiger partial charge in [-0.1, -0.05) is 37.3 Å². The van der Waals surface area contributed by atoms with Crippen LogP contribution in [0.1, 0.15) is 25.0 Å². The van der Waals surface area contributed by atoms with Gasteiger partial charge < -0.3 is 10.2 Å². The maximum Gasteiger partial charge on any atom is 0.309 e. The summed E-state index contributed by atoms with van der Waals surface area (Å²) in [4.78, 5) is 10.8. The van der Waals surface area contributed by atoms with E-state index in [1.807, 2.05) is 6.07 Å². The van der Waals surface area contributed by atoms with Crippen LogP contribution in [0.5, 0.6) is 0 Å². The Bertz CT molecular complexity index is 295. The lowest BCUT2D eigenvalue weighted by Crippen LogP contribution is -2.21. The molecule has 0 aliphatic rings. The zero-order chi connectivity index (χ0) is 10.6. The van der Waals surface area contributed by atoms with Crippen LogP contribution in [0, 0.1) is 5.92 Å². The van der Waals surface area contributed by atoms with Gasteiger partial charge in [-0.3, -0.25) is 4.79 Å². The van der Waals surface area contributed by atoms with E-state index in [0.29, 0.717) is 12.0 Å². The normalized spacial score (nSPS) is 14.7. The molecule has 0 fully saturated rings. The minimum atomic E-state index is -0.955. The summed E-state index contributed by atoms with van der Waals surface area (Å²) in [7, 11) is 0. The lowest BCUT2D eigenvalue weighted by Gasteiger charge is -2.17. The maximum atomic E-state index is 10.8. The average molecular weight is 194 g/mol. The molecule has 0 amide bonds. The number of benzene rings is 1. The number of hydrogen-bond acceptors (Lipinski definition) is 2. The number of aliphatic carboxylic acids is 1. The summed E-state index contributed by atoms with van der Waals surface area (Å²) in [5, 5.41) is 18.6. The highest BCUT2D eigenvalue weighted by Crippen LogP contribution is 2.24. The van der Waals surface area contributed by atoms with E-state index in [4.69, 9.17) is 5.11 Å². The molecule has 1 rings (SSSR count). The van der Waals surface area contributed by atoms with Gasteiger partial charge in [-0.25, -0.2) is 0 Å². The number of aliphatic hydroxyl groups excluding tert-OH is 1. The van der Waals surface area contributed by atoms with Gasteiger partial charge in [-0.2, -0.15) is 0 Å². The number of carboxylic acids is 1. The molecule has 0 saturated carbocycles. The zero-order valence-corrected chi connectivity index (χ0v) is 8.05. The van der Waals surface area contributed by atoms with Gasteiger partial charge in [-0.15, -0.1) is 0 Å². The second-order valence-electron chi connectivity index (χ2n) is 3.21. The summed E-state index contributed by atoms with van der Waals surface area (Å²) < 4.78 is 0. The van der Waals surface area contributed by atoms with E-state index in [1.165, 1.54) is 0 Å². The Morgan fingerprint density at radius 3 is 2.36 bits per heavy atom. The lowest BCUT2D eigenvalue weighted by atomic mass is 9.94. The second kappa shape index (κ2) is 4.77. The van der Waals surface area contributed by atoms with Crippen molar-refractivity contribution in [3.63, 3.8) is 0 Å². The Hall–Kier alpha value is -1.35. The largest absolute Gasteiger partial charge is 0.481 e. The van der Waals surface area contributed by atoms with Crippen molar-refractivity contribution in [1.82, 2.24) is 0 Å². The van der Waals surface area contributed by atoms with Gasteiger partial charge in [0.15, 0.2) is 0 Å². The average Bonchev–Trinajstić information content (AvgIpc) is 2.19. The Morgan fingerprint density at radius 2 is 1.93 bits per heavy atom. The van der Waals surface area contributed by atoms with Crippen molar-refractivity contribution < 1.29 is 15.0 Å². The first-order chi connectivity index (χ1) is 6.66. The highest BCUT2D eigenvalue weighted by atomic mass is 16.4. The molecule has 1 aromatic rings. The Morgan fingerprint density at radius 1 is 1.36 bits per heavy atom. The van der Waals surface area contributed by atoms with Crippen LogP contribution >= 0.6 is 0 Å². The smallest absolute Gasteiger partial charge is 0.309 e. The third-order valence-corrected chi connectivity index (χ3v) is 2.28. The molecule has 3 nitrogen and oxygen atoms in total. The quantitative estimate of drug-likeness (QED) is 0.768. The van der Waals surface area contributed by atoms with E-state index in [0.717, 1.165) is 0 Å². The summed E-state index contributed by atoms with van der Waals surface area (Å²) >= 11 is 0. The molecule has 0 aliphatic carbocycles. The summed E-state index contributed by atoms with van der Waals surface area (Å²) in [6.07, 6.45) is -0.496. The summed E-state index contributed by atoms with van der Waals surface area (Å²) in [5.74, 6) is -1.68. The third-order valence-electron chi connectivity index (χ3n) is 2.28. The first kappa shape index (κ1) is 10.7. The molecule has 0 bridgehead atoms. The highest BCUT2D eigenvalue weighted by molar-refractivity contribution is 5.70. The number of rotatable bonds is 4. The van der Waals surface area contributed by atoms with Crippen LogP contribution in [0.3, 0.4) is 0 Å². The monoisotopic (exact) mass is 194 g/mol. The van der Waals surface area contributed by atoms with Crippen molar-refractivity contribution in [2.24, 2.45) is 5.92 Å². The number of carbonyl (C=O) groups is 1. The molecule has 2 N–H and O–H groups in total. The fourth-order valence-corrected chi connectivity index (χ4v) is 1.42. The van der Waals surface area contributed by atoms with Crippen molar-refractivity contribution >= 4 is 5.97 Å². The van der Waals surface area contributed by atoms with Crippen LogP contribution in [-0.4, -0.2) is 16.2 Å². The Labute approximate surface area is 83.0 Å². The third kappa shape index (κ3) is 2.33. The van der Waals surface area contributed by atoms with Gasteiger partial charge in [0, 0.05) is 0 Å². The van der Waals surface area contributed by atoms with E-state index in [9.17, 15) is 9.90 Å². The van der Waals surface area contributed by atoms with Crippen LogP contribution < -0.4 is 0 Å². The summed E-state index contributed by atoms with van der Waals surface area (Å²) in [6, 6.07) is 8.87. The Balaban J connectivity index is 2.83. The molecule has 1 unspecified atom stereocenters. The standard InChI is InChI=1S/C11H14O3/c1-2-9(11(13)14)10(12)8-6-4-3-5-7-8/h3-7,9-10,12H,2H2,1H3,(H,13,14)/t9?,10-/m0/s1. The van der Waals surface area contributed by atoms with Crippen LogP contribution in [0.25, 0.3) is 0 Å². The fraction of sp³-hybridized carbons (Fsp3) is 0.364. The predicted octanol–water partition coefficient (Wildman–Crippen LogP) is 1.83. The molecular formula is C11H14O3. The van der Waals surface area contributed by atoms with Crippen LogP contribution in [0.15, 0.2) is 30.3 Å². The molecule has 3 heteroatoms. The van der Waals surface area contributed by atoms with Gasteiger partial charge >= 0.3 is 5.97 Å². The van der Waals surface area contributed by atoms with Gasteiger partial charge in [0.25, 0.3) is 0 Å². The van der Waals surface area contributed by atoms with Crippen LogP contribution in [0.2, 0.25) is 0 Å². The molecule has 0 aromatic heterocycles. The van der Waals surface area contributed by atoms with Crippen molar-refractivity contribution in [1.29, 1.82) is 0 Å². The van der Waals surface area contributed by atoms with Gasteiger partial charge in [0.2, 0.25) is 0 Å². The molecule has 0 spiro atoms. The highest BCUT2D eigenvalue weighted by Gasteiger charge is 2.25. The predicted molar refractivity (Wildman–Crippen MR) is 52.8 cm³/mol. The van der Waals surface area contributed by atoms with E-state index >= 15 is 0 Å². The van der Waals surface area contributed by atoms with E-state index in [-0.39, 0.29) is 0 Å². The topological polar surface area (TPSA) is 57.5 Å². The molecule has 0 aliphatic heterocycles. The molecular weight excluding hydrogens is 180 g/mol. The first-order valence-corrected chi connectivity index (χ1v) is 4.62. The SMILES string of the molecule is CCC(C(=O)O)[C@@H](O)c1ccccc1. The summed E-state index contributed by atoms with van der Waals surface area (Å²) in [5.41, 5.74) is 0.654. The molecule has 2 atom stereocenters. The minimum absolute atomic E-state index is 0.422. The van der Waals surface area contributed by atoms with Gasteiger partial charge in [-0.05, 0) is 12.0 Å². The fourth-order valence-electron chi connectivity index (χ4n) is 1.42. The molecule has 76 valence electrons. The molecule has 1 aromatic carbocycles.